The zero-order valence-electron chi connectivity index (χ0n) is 9.78. The standard InChI is InChI=1S/C11H11F3N4/c1-6-10(15)7(2)18(17-6)9-5-8(3-4-16-9)11(12,13)14/h3-5H,15H2,1-2H3. The van der Waals surface area contributed by atoms with Crippen LogP contribution in [-0.4, -0.2) is 14.8 Å². The van der Waals surface area contributed by atoms with Crippen LogP contribution < -0.4 is 5.73 Å². The molecule has 2 heterocycles. The molecule has 0 bridgehead atoms. The van der Waals surface area contributed by atoms with Crippen molar-refractivity contribution in [3.05, 3.63) is 35.3 Å². The summed E-state index contributed by atoms with van der Waals surface area (Å²) < 4.78 is 39.1. The number of hydrogen-bond donors (Lipinski definition) is 1. The van der Waals surface area contributed by atoms with E-state index in [9.17, 15) is 13.2 Å². The minimum atomic E-state index is -4.40. The largest absolute Gasteiger partial charge is 0.416 e. The molecule has 2 aromatic heterocycles. The summed E-state index contributed by atoms with van der Waals surface area (Å²) in [6, 6.07) is 1.86. The van der Waals surface area contributed by atoms with Crippen molar-refractivity contribution in [3.8, 4) is 5.82 Å². The predicted molar refractivity (Wildman–Crippen MR) is 60.2 cm³/mol. The molecule has 0 saturated carbocycles. The molecule has 4 nitrogen and oxygen atoms in total. The average molecular weight is 256 g/mol. The number of nitrogen functional groups attached to an aromatic ring is 1. The van der Waals surface area contributed by atoms with Gasteiger partial charge in [-0.15, -0.1) is 0 Å². The van der Waals surface area contributed by atoms with Gasteiger partial charge in [-0.3, -0.25) is 0 Å². The van der Waals surface area contributed by atoms with Gasteiger partial charge in [-0.05, 0) is 26.0 Å². The van der Waals surface area contributed by atoms with Gasteiger partial charge in [0, 0.05) is 6.20 Å². The van der Waals surface area contributed by atoms with E-state index in [2.05, 4.69) is 10.1 Å². The Balaban J connectivity index is 2.55. The molecule has 7 heteroatoms. The van der Waals surface area contributed by atoms with Crippen molar-refractivity contribution in [2.45, 2.75) is 20.0 Å². The fourth-order valence-corrected chi connectivity index (χ4v) is 1.59. The molecule has 0 aliphatic heterocycles. The summed E-state index contributed by atoms with van der Waals surface area (Å²) in [7, 11) is 0. The predicted octanol–water partition coefficient (Wildman–Crippen LogP) is 2.49. The molecule has 2 aromatic rings. The molecule has 0 spiro atoms. The number of aryl methyl sites for hydroxylation is 1. The molecular weight excluding hydrogens is 245 g/mol. The number of hydrogen-bond acceptors (Lipinski definition) is 3. The van der Waals surface area contributed by atoms with E-state index in [1.54, 1.807) is 13.8 Å². The van der Waals surface area contributed by atoms with Crippen molar-refractivity contribution in [1.82, 2.24) is 14.8 Å². The van der Waals surface area contributed by atoms with E-state index in [1.807, 2.05) is 0 Å². The molecular formula is C11H11F3N4. The van der Waals surface area contributed by atoms with E-state index in [-0.39, 0.29) is 5.82 Å². The minimum absolute atomic E-state index is 0.0992. The van der Waals surface area contributed by atoms with Gasteiger partial charge in [0.1, 0.15) is 0 Å². The molecule has 0 atom stereocenters. The zero-order valence-corrected chi connectivity index (χ0v) is 9.78. The number of nitrogens with zero attached hydrogens (tertiary/aromatic N) is 3. The number of aromatic nitrogens is 3. The van der Waals surface area contributed by atoms with E-state index in [0.717, 1.165) is 18.3 Å². The Labute approximate surface area is 101 Å². The lowest BCUT2D eigenvalue weighted by Gasteiger charge is -2.08. The van der Waals surface area contributed by atoms with Gasteiger partial charge in [-0.1, -0.05) is 0 Å². The van der Waals surface area contributed by atoms with Crippen LogP contribution in [-0.2, 0) is 6.18 Å². The van der Waals surface area contributed by atoms with Gasteiger partial charge in [0.15, 0.2) is 5.82 Å². The Morgan fingerprint density at radius 3 is 2.44 bits per heavy atom. The van der Waals surface area contributed by atoms with Crippen LogP contribution in [0.5, 0.6) is 0 Å². The highest BCUT2D eigenvalue weighted by Gasteiger charge is 2.31. The van der Waals surface area contributed by atoms with E-state index < -0.39 is 11.7 Å². The molecule has 18 heavy (non-hydrogen) atoms. The van der Waals surface area contributed by atoms with E-state index in [0.29, 0.717) is 17.1 Å². The molecule has 96 valence electrons. The van der Waals surface area contributed by atoms with Gasteiger partial charge in [-0.25, -0.2) is 9.67 Å². The monoisotopic (exact) mass is 256 g/mol. The van der Waals surface area contributed by atoms with Gasteiger partial charge in [-0.2, -0.15) is 18.3 Å². The molecule has 0 radical (unpaired) electrons. The number of nitrogens with two attached hydrogens (primary N) is 1. The number of pyridine rings is 1. The van der Waals surface area contributed by atoms with Crippen LogP contribution in [0.1, 0.15) is 17.0 Å². The molecule has 0 amide bonds. The summed E-state index contributed by atoms with van der Waals surface area (Å²) in [5.41, 5.74) is 6.55. The van der Waals surface area contributed by atoms with Gasteiger partial charge >= 0.3 is 6.18 Å². The Bertz CT molecular complexity index is 586. The molecule has 0 aromatic carbocycles. The van der Waals surface area contributed by atoms with Crippen LogP contribution in [0.15, 0.2) is 18.3 Å². The van der Waals surface area contributed by atoms with Crippen LogP contribution in [0.2, 0.25) is 0 Å². The normalized spacial score (nSPS) is 11.8. The first-order valence-electron chi connectivity index (χ1n) is 5.16. The summed E-state index contributed by atoms with van der Waals surface area (Å²) in [6.45, 7) is 3.36. The fourth-order valence-electron chi connectivity index (χ4n) is 1.59. The lowest BCUT2D eigenvalue weighted by molar-refractivity contribution is -0.137. The maximum atomic E-state index is 12.6. The van der Waals surface area contributed by atoms with Crippen molar-refractivity contribution in [3.63, 3.8) is 0 Å². The third-order valence-electron chi connectivity index (χ3n) is 2.64. The summed E-state index contributed by atoms with van der Waals surface area (Å²) in [5, 5.41) is 4.06. The van der Waals surface area contributed by atoms with Gasteiger partial charge in [0.2, 0.25) is 0 Å². The minimum Gasteiger partial charge on any atom is -0.396 e. The number of halogens is 3. The third kappa shape index (κ3) is 2.03. The SMILES string of the molecule is Cc1nn(-c2cc(C(F)(F)F)ccn2)c(C)c1N. The second-order valence-electron chi connectivity index (χ2n) is 3.90. The molecule has 0 aliphatic carbocycles. The second kappa shape index (κ2) is 4.01. The Hall–Kier alpha value is -2.05. The smallest absolute Gasteiger partial charge is 0.396 e. The molecule has 0 unspecified atom stereocenters. The lowest BCUT2D eigenvalue weighted by atomic mass is 10.2. The molecule has 0 saturated heterocycles. The summed E-state index contributed by atoms with van der Waals surface area (Å²) in [5.74, 6) is 0.0992. The highest BCUT2D eigenvalue weighted by molar-refractivity contribution is 5.49. The van der Waals surface area contributed by atoms with Crippen molar-refractivity contribution >= 4 is 5.69 Å². The second-order valence-corrected chi connectivity index (χ2v) is 3.90. The summed E-state index contributed by atoms with van der Waals surface area (Å²) in [6.07, 6.45) is -3.30. The van der Waals surface area contributed by atoms with Crippen molar-refractivity contribution < 1.29 is 13.2 Å². The summed E-state index contributed by atoms with van der Waals surface area (Å²) >= 11 is 0. The molecule has 0 fully saturated rings. The molecule has 0 aliphatic rings. The highest BCUT2D eigenvalue weighted by Crippen LogP contribution is 2.30. The van der Waals surface area contributed by atoms with Crippen LogP contribution in [0.3, 0.4) is 0 Å². The maximum absolute atomic E-state index is 12.6. The molecule has 2 rings (SSSR count). The van der Waals surface area contributed by atoms with Crippen LogP contribution in [0.4, 0.5) is 18.9 Å². The summed E-state index contributed by atoms with van der Waals surface area (Å²) in [4.78, 5) is 3.88. The van der Waals surface area contributed by atoms with Gasteiger partial charge in [0.05, 0.1) is 22.6 Å². The fraction of sp³-hybridized carbons (Fsp3) is 0.273. The third-order valence-corrected chi connectivity index (χ3v) is 2.64. The van der Waals surface area contributed by atoms with Crippen molar-refractivity contribution in [2.24, 2.45) is 0 Å². The van der Waals surface area contributed by atoms with Crippen LogP contribution >= 0.6 is 0 Å². The first-order valence-corrected chi connectivity index (χ1v) is 5.16. The van der Waals surface area contributed by atoms with E-state index >= 15 is 0 Å². The Morgan fingerprint density at radius 1 is 1.28 bits per heavy atom. The maximum Gasteiger partial charge on any atom is 0.416 e. The quantitative estimate of drug-likeness (QED) is 0.852. The zero-order chi connectivity index (χ0) is 13.5. The number of anilines is 1. The molecule has 2 N–H and O–H groups in total. The van der Waals surface area contributed by atoms with Crippen LogP contribution in [0, 0.1) is 13.8 Å². The topological polar surface area (TPSA) is 56.7 Å². The van der Waals surface area contributed by atoms with Crippen molar-refractivity contribution in [1.29, 1.82) is 0 Å². The van der Waals surface area contributed by atoms with Crippen molar-refractivity contribution in [2.75, 3.05) is 5.73 Å². The lowest BCUT2D eigenvalue weighted by Crippen LogP contribution is -2.08. The van der Waals surface area contributed by atoms with Crippen LogP contribution in [0.25, 0.3) is 5.82 Å². The van der Waals surface area contributed by atoms with Gasteiger partial charge < -0.3 is 5.73 Å². The number of alkyl halides is 3. The Morgan fingerprint density at radius 2 is 1.94 bits per heavy atom. The van der Waals surface area contributed by atoms with Gasteiger partial charge in [0.25, 0.3) is 0 Å². The van der Waals surface area contributed by atoms with E-state index in [1.165, 1.54) is 4.68 Å². The highest BCUT2D eigenvalue weighted by atomic mass is 19.4. The first-order chi connectivity index (χ1) is 8.30. The van der Waals surface area contributed by atoms with E-state index in [4.69, 9.17) is 5.73 Å². The Kier molecular flexibility index (Phi) is 2.76. The first kappa shape index (κ1) is 12.4. The average Bonchev–Trinajstić information content (AvgIpc) is 2.56. The number of rotatable bonds is 1.